The zero-order chi connectivity index (χ0) is 13.7. The summed E-state index contributed by atoms with van der Waals surface area (Å²) in [5, 5.41) is 6.52. The average Bonchev–Trinajstić information content (AvgIpc) is 2.46. The van der Waals surface area contributed by atoms with Gasteiger partial charge in [0.15, 0.2) is 0 Å². The summed E-state index contributed by atoms with van der Waals surface area (Å²) in [7, 11) is 4.30. The molecule has 1 heterocycles. The van der Waals surface area contributed by atoms with Gasteiger partial charge in [0.2, 0.25) is 5.91 Å². The second-order valence-electron chi connectivity index (χ2n) is 6.40. The van der Waals surface area contributed by atoms with Crippen LogP contribution in [0.15, 0.2) is 0 Å². The first-order valence-electron chi connectivity index (χ1n) is 7.83. The number of nitrogens with zero attached hydrogens (tertiary/aromatic N) is 1. The van der Waals surface area contributed by atoms with Crippen LogP contribution in [0.4, 0.5) is 0 Å². The molecule has 1 saturated heterocycles. The van der Waals surface area contributed by atoms with Gasteiger partial charge in [0.05, 0.1) is 6.04 Å². The normalized spacial score (nSPS) is 25.9. The lowest BCUT2D eigenvalue weighted by atomic mass is 9.80. The Hall–Kier alpha value is -0.320. The second-order valence-corrected chi connectivity index (χ2v) is 6.40. The van der Waals surface area contributed by atoms with Crippen molar-refractivity contribution in [1.82, 2.24) is 15.5 Å². The number of hydrogen-bond acceptors (Lipinski definition) is 3. The van der Waals surface area contributed by atoms with Crippen molar-refractivity contribution >= 4 is 18.3 Å². The molecule has 1 aliphatic carbocycles. The molecule has 1 amide bonds. The molecule has 2 rings (SSSR count). The highest BCUT2D eigenvalue weighted by molar-refractivity contribution is 5.85. The number of likely N-dealkylation sites (N-methyl/N-ethyl adjacent to an activating group) is 1. The molecule has 0 radical (unpaired) electrons. The lowest BCUT2D eigenvalue weighted by Gasteiger charge is -2.43. The Bertz CT molecular complexity index is 297. The molecule has 1 atom stereocenters. The minimum Gasteiger partial charge on any atom is -0.353 e. The quantitative estimate of drug-likeness (QED) is 0.834. The Labute approximate surface area is 129 Å². The molecule has 2 N–H and O–H groups in total. The zero-order valence-corrected chi connectivity index (χ0v) is 13.7. The summed E-state index contributed by atoms with van der Waals surface area (Å²) in [5.74, 6) is 0.200. The number of halogens is 1. The van der Waals surface area contributed by atoms with Crippen LogP contribution in [0, 0.1) is 0 Å². The van der Waals surface area contributed by atoms with Gasteiger partial charge in [0, 0.05) is 12.1 Å². The maximum Gasteiger partial charge on any atom is 0.237 e. The molecular formula is C15H30ClN3O. The lowest BCUT2D eigenvalue weighted by Crippen LogP contribution is -2.56. The van der Waals surface area contributed by atoms with E-state index in [2.05, 4.69) is 29.6 Å². The van der Waals surface area contributed by atoms with E-state index >= 15 is 0 Å². The van der Waals surface area contributed by atoms with E-state index in [1.165, 1.54) is 44.9 Å². The number of piperidine rings is 1. The third kappa shape index (κ3) is 4.34. The van der Waals surface area contributed by atoms with E-state index in [4.69, 9.17) is 0 Å². The van der Waals surface area contributed by atoms with Crippen LogP contribution in [0.25, 0.3) is 0 Å². The lowest BCUT2D eigenvalue weighted by molar-refractivity contribution is -0.124. The first-order valence-corrected chi connectivity index (χ1v) is 7.83. The monoisotopic (exact) mass is 303 g/mol. The van der Waals surface area contributed by atoms with Gasteiger partial charge in [-0.3, -0.25) is 4.79 Å². The predicted octanol–water partition coefficient (Wildman–Crippen LogP) is 1.93. The number of amides is 1. The van der Waals surface area contributed by atoms with Crippen molar-refractivity contribution in [2.75, 3.05) is 27.2 Å². The summed E-state index contributed by atoms with van der Waals surface area (Å²) in [4.78, 5) is 14.5. The van der Waals surface area contributed by atoms with E-state index in [0.29, 0.717) is 0 Å². The summed E-state index contributed by atoms with van der Waals surface area (Å²) in [6.45, 7) is 1.79. The molecule has 5 heteroatoms. The van der Waals surface area contributed by atoms with Crippen molar-refractivity contribution in [2.24, 2.45) is 0 Å². The van der Waals surface area contributed by atoms with Gasteiger partial charge in [-0.05, 0) is 46.3 Å². The Balaban J connectivity index is 0.00000200. The number of hydrogen-bond donors (Lipinski definition) is 2. The third-order valence-electron chi connectivity index (χ3n) is 4.95. The molecule has 2 fully saturated rings. The third-order valence-corrected chi connectivity index (χ3v) is 4.95. The van der Waals surface area contributed by atoms with Gasteiger partial charge < -0.3 is 15.5 Å². The van der Waals surface area contributed by atoms with Crippen LogP contribution in [0.5, 0.6) is 0 Å². The average molecular weight is 304 g/mol. The fourth-order valence-corrected chi connectivity index (χ4v) is 3.44. The van der Waals surface area contributed by atoms with Crippen molar-refractivity contribution in [1.29, 1.82) is 0 Å². The van der Waals surface area contributed by atoms with Gasteiger partial charge in [-0.2, -0.15) is 0 Å². The van der Waals surface area contributed by atoms with E-state index in [1.807, 2.05) is 0 Å². The summed E-state index contributed by atoms with van der Waals surface area (Å²) >= 11 is 0. The van der Waals surface area contributed by atoms with Crippen LogP contribution < -0.4 is 10.6 Å². The molecule has 4 nitrogen and oxygen atoms in total. The van der Waals surface area contributed by atoms with Crippen molar-refractivity contribution in [3.8, 4) is 0 Å². The highest BCUT2D eigenvalue weighted by Gasteiger charge is 2.35. The molecule has 0 aromatic heterocycles. The molecule has 1 saturated carbocycles. The van der Waals surface area contributed by atoms with Gasteiger partial charge >= 0.3 is 0 Å². The van der Waals surface area contributed by atoms with Crippen molar-refractivity contribution < 1.29 is 4.79 Å². The van der Waals surface area contributed by atoms with Gasteiger partial charge in [0.1, 0.15) is 0 Å². The largest absolute Gasteiger partial charge is 0.353 e. The Kier molecular flexibility index (Phi) is 7.27. The van der Waals surface area contributed by atoms with Crippen LogP contribution in [0.3, 0.4) is 0 Å². The van der Waals surface area contributed by atoms with E-state index < -0.39 is 0 Å². The maximum absolute atomic E-state index is 12.2. The summed E-state index contributed by atoms with van der Waals surface area (Å²) in [5.41, 5.74) is 0.183. The number of carbonyl (C=O) groups is 1. The SMILES string of the molecule is CN(C)C1(CNC(=O)[C@H]2CCCCN2)CCCCC1.Cl. The zero-order valence-electron chi connectivity index (χ0n) is 12.9. The maximum atomic E-state index is 12.2. The van der Waals surface area contributed by atoms with E-state index in [0.717, 1.165) is 19.5 Å². The second kappa shape index (κ2) is 8.20. The molecule has 118 valence electrons. The number of carbonyl (C=O) groups excluding carboxylic acids is 1. The Morgan fingerprint density at radius 1 is 1.20 bits per heavy atom. The van der Waals surface area contributed by atoms with E-state index in [-0.39, 0.29) is 29.9 Å². The molecule has 2 aliphatic rings. The topological polar surface area (TPSA) is 44.4 Å². The molecule has 1 aliphatic heterocycles. The molecule has 0 bridgehead atoms. The van der Waals surface area contributed by atoms with Crippen molar-refractivity contribution in [3.63, 3.8) is 0 Å². The number of rotatable bonds is 4. The predicted molar refractivity (Wildman–Crippen MR) is 85.4 cm³/mol. The fourth-order valence-electron chi connectivity index (χ4n) is 3.44. The molecule has 0 aromatic rings. The minimum absolute atomic E-state index is 0. The molecule has 0 unspecified atom stereocenters. The summed E-state index contributed by atoms with van der Waals surface area (Å²) < 4.78 is 0. The number of nitrogens with one attached hydrogen (secondary N) is 2. The van der Waals surface area contributed by atoms with Crippen LogP contribution in [-0.2, 0) is 4.79 Å². The molecule has 20 heavy (non-hydrogen) atoms. The fraction of sp³-hybridized carbons (Fsp3) is 0.933. The smallest absolute Gasteiger partial charge is 0.237 e. The molecule has 0 spiro atoms. The highest BCUT2D eigenvalue weighted by atomic mass is 35.5. The van der Waals surface area contributed by atoms with E-state index in [1.54, 1.807) is 0 Å². The van der Waals surface area contributed by atoms with Crippen LogP contribution in [0.2, 0.25) is 0 Å². The Morgan fingerprint density at radius 3 is 2.45 bits per heavy atom. The van der Waals surface area contributed by atoms with Gasteiger partial charge in [-0.1, -0.05) is 25.7 Å². The van der Waals surface area contributed by atoms with E-state index in [9.17, 15) is 4.79 Å². The van der Waals surface area contributed by atoms with Crippen molar-refractivity contribution in [2.45, 2.75) is 62.9 Å². The van der Waals surface area contributed by atoms with Gasteiger partial charge in [0.25, 0.3) is 0 Å². The first kappa shape index (κ1) is 17.7. The van der Waals surface area contributed by atoms with Crippen LogP contribution >= 0.6 is 12.4 Å². The summed E-state index contributed by atoms with van der Waals surface area (Å²) in [6, 6.07) is 0.0385. The Morgan fingerprint density at radius 2 is 1.90 bits per heavy atom. The molecule has 0 aromatic carbocycles. The van der Waals surface area contributed by atoms with Gasteiger partial charge in [-0.15, -0.1) is 12.4 Å². The first-order chi connectivity index (χ1) is 9.14. The van der Waals surface area contributed by atoms with Crippen LogP contribution in [0.1, 0.15) is 51.4 Å². The van der Waals surface area contributed by atoms with Crippen molar-refractivity contribution in [3.05, 3.63) is 0 Å². The standard InChI is InChI=1S/C15H29N3O.ClH/c1-18(2)15(9-5-3-6-10-15)12-17-14(19)13-8-4-7-11-16-13;/h13,16H,3-12H2,1-2H3,(H,17,19);1H/t13-;/m1./s1. The summed E-state index contributed by atoms with van der Waals surface area (Å²) in [6.07, 6.45) is 9.69. The molecular weight excluding hydrogens is 274 g/mol. The minimum atomic E-state index is 0. The van der Waals surface area contributed by atoms with Crippen LogP contribution in [-0.4, -0.2) is 49.6 Å². The highest BCUT2D eigenvalue weighted by Crippen LogP contribution is 2.31. The van der Waals surface area contributed by atoms with Gasteiger partial charge in [-0.25, -0.2) is 0 Å².